The molecule has 6 heteroatoms. The van der Waals surface area contributed by atoms with Crippen LogP contribution in [0.4, 0.5) is 0 Å². The molecule has 1 spiro atoms. The number of piperidine rings is 1. The van der Waals surface area contributed by atoms with Crippen LogP contribution in [0.25, 0.3) is 0 Å². The lowest BCUT2D eigenvalue weighted by Gasteiger charge is -2.39. The second kappa shape index (κ2) is 13.2. The maximum absolute atomic E-state index is 12.6. The minimum atomic E-state index is -0.134. The maximum atomic E-state index is 12.6. The largest absolute Gasteiger partial charge is 0.354 e. The number of unbranched alkanes of at least 4 members (excludes halogenated alkanes) is 6. The van der Waals surface area contributed by atoms with E-state index in [1.165, 1.54) is 44.1 Å². The Morgan fingerprint density at radius 2 is 1.75 bits per heavy atom. The number of thioether (sulfide) groups is 1. The van der Waals surface area contributed by atoms with Crippen LogP contribution < -0.4 is 10.6 Å². The molecule has 2 fully saturated rings. The topological polar surface area (TPSA) is 61.4 Å². The lowest BCUT2D eigenvalue weighted by atomic mass is 10.0. The van der Waals surface area contributed by atoms with Crippen LogP contribution in [0.1, 0.15) is 76.7 Å². The Hall–Kier alpha value is -1.53. The average Bonchev–Trinajstić information content (AvgIpc) is 3.23. The fourth-order valence-electron chi connectivity index (χ4n) is 4.68. The summed E-state index contributed by atoms with van der Waals surface area (Å²) in [4.78, 5) is 27.2. The third-order valence-electron chi connectivity index (χ3n) is 6.75. The van der Waals surface area contributed by atoms with E-state index in [4.69, 9.17) is 0 Å². The molecule has 0 saturated carbocycles. The summed E-state index contributed by atoms with van der Waals surface area (Å²) in [5.74, 6) is 1.22. The predicted octanol–water partition coefficient (Wildman–Crippen LogP) is 4.51. The molecule has 1 atom stereocenters. The van der Waals surface area contributed by atoms with Crippen molar-refractivity contribution in [2.45, 2.75) is 88.5 Å². The van der Waals surface area contributed by atoms with Crippen LogP contribution in [-0.2, 0) is 16.0 Å². The Morgan fingerprint density at radius 1 is 1.06 bits per heavy atom. The molecule has 3 rings (SSSR count). The van der Waals surface area contributed by atoms with Crippen LogP contribution in [0.15, 0.2) is 30.3 Å². The predicted molar refractivity (Wildman–Crippen MR) is 134 cm³/mol. The first-order chi connectivity index (χ1) is 15.6. The van der Waals surface area contributed by atoms with Crippen LogP contribution in [0, 0.1) is 0 Å². The molecule has 2 saturated heterocycles. The Morgan fingerprint density at radius 3 is 2.47 bits per heavy atom. The zero-order valence-electron chi connectivity index (χ0n) is 19.7. The number of rotatable bonds is 12. The molecule has 0 radical (unpaired) electrons. The van der Waals surface area contributed by atoms with Crippen LogP contribution in [0.3, 0.4) is 0 Å². The zero-order valence-corrected chi connectivity index (χ0v) is 20.6. The van der Waals surface area contributed by atoms with E-state index in [0.717, 1.165) is 44.5 Å². The van der Waals surface area contributed by atoms with Crippen LogP contribution in [0.5, 0.6) is 0 Å². The van der Waals surface area contributed by atoms with Crippen molar-refractivity contribution in [3.05, 3.63) is 35.9 Å². The van der Waals surface area contributed by atoms with Gasteiger partial charge in [-0.15, -0.1) is 11.8 Å². The van der Waals surface area contributed by atoms with E-state index in [2.05, 4.69) is 29.7 Å². The van der Waals surface area contributed by atoms with Crippen molar-refractivity contribution in [1.82, 2.24) is 15.5 Å². The molecule has 178 valence electrons. The Kier molecular flexibility index (Phi) is 10.4. The van der Waals surface area contributed by atoms with Crippen molar-refractivity contribution in [2.75, 3.05) is 25.4 Å². The monoisotopic (exact) mass is 459 g/mol. The highest BCUT2D eigenvalue weighted by molar-refractivity contribution is 8.01. The van der Waals surface area contributed by atoms with Crippen molar-refractivity contribution in [3.63, 3.8) is 0 Å². The summed E-state index contributed by atoms with van der Waals surface area (Å²) in [5.41, 5.74) is 1.24. The summed E-state index contributed by atoms with van der Waals surface area (Å²) in [6.45, 7) is 4.51. The Labute approximate surface area is 198 Å². The van der Waals surface area contributed by atoms with Gasteiger partial charge in [-0.2, -0.15) is 0 Å². The van der Waals surface area contributed by atoms with Gasteiger partial charge in [0.15, 0.2) is 0 Å². The number of nitrogens with one attached hydrogen (secondary N) is 2. The average molecular weight is 460 g/mol. The van der Waals surface area contributed by atoms with E-state index >= 15 is 0 Å². The number of hydrogen-bond donors (Lipinski definition) is 2. The standard InChI is InChI=1S/C26H41N3O2S/c1-2-3-4-5-6-7-11-14-24(30)29-19-16-26(17-20-29)28-23(21-32-26)25(31)27-18-15-22-12-9-8-10-13-22/h8-10,12-13,23,28H,2-7,11,14-21H2,1H3,(H,27,31). The molecule has 1 aromatic carbocycles. The molecule has 1 unspecified atom stereocenters. The molecule has 0 aromatic heterocycles. The molecule has 32 heavy (non-hydrogen) atoms. The molecule has 2 aliphatic rings. The molecule has 2 heterocycles. The minimum absolute atomic E-state index is 0.0442. The van der Waals surface area contributed by atoms with Gasteiger partial charge >= 0.3 is 0 Å². The fraction of sp³-hybridized carbons (Fsp3) is 0.692. The van der Waals surface area contributed by atoms with Gasteiger partial charge in [0.2, 0.25) is 11.8 Å². The van der Waals surface area contributed by atoms with Crippen molar-refractivity contribution in [1.29, 1.82) is 0 Å². The number of amides is 2. The molecule has 1 aromatic rings. The molecule has 0 bridgehead atoms. The quantitative estimate of drug-likeness (QED) is 0.452. The lowest BCUT2D eigenvalue weighted by molar-refractivity contribution is -0.132. The minimum Gasteiger partial charge on any atom is -0.354 e. The van der Waals surface area contributed by atoms with Crippen LogP contribution in [-0.4, -0.2) is 53.0 Å². The van der Waals surface area contributed by atoms with Gasteiger partial charge in [0.05, 0.1) is 10.9 Å². The van der Waals surface area contributed by atoms with Crippen molar-refractivity contribution in [2.24, 2.45) is 0 Å². The highest BCUT2D eigenvalue weighted by Crippen LogP contribution is 2.39. The Bertz CT molecular complexity index is 704. The van der Waals surface area contributed by atoms with Crippen molar-refractivity contribution in [3.8, 4) is 0 Å². The molecule has 2 amide bonds. The molecular weight excluding hydrogens is 418 g/mol. The van der Waals surface area contributed by atoms with Gasteiger partial charge in [-0.25, -0.2) is 0 Å². The summed E-state index contributed by atoms with van der Waals surface area (Å²) in [6, 6.07) is 10.1. The second-order valence-corrected chi connectivity index (χ2v) is 10.7. The van der Waals surface area contributed by atoms with Gasteiger partial charge in [-0.05, 0) is 31.2 Å². The first-order valence-electron chi connectivity index (χ1n) is 12.6. The number of carbonyl (C=O) groups excluding carboxylic acids is 2. The van der Waals surface area contributed by atoms with Crippen molar-refractivity contribution < 1.29 is 9.59 Å². The van der Waals surface area contributed by atoms with E-state index in [0.29, 0.717) is 18.9 Å². The normalized spacial score (nSPS) is 19.9. The van der Waals surface area contributed by atoms with E-state index in [9.17, 15) is 9.59 Å². The van der Waals surface area contributed by atoms with E-state index in [1.54, 1.807) is 0 Å². The molecule has 0 aliphatic carbocycles. The summed E-state index contributed by atoms with van der Waals surface area (Å²) in [5, 5.41) is 6.69. The van der Waals surface area contributed by atoms with E-state index in [1.807, 2.05) is 34.9 Å². The van der Waals surface area contributed by atoms with Gasteiger partial charge in [0.25, 0.3) is 0 Å². The summed E-state index contributed by atoms with van der Waals surface area (Å²) in [7, 11) is 0. The number of carbonyl (C=O) groups is 2. The second-order valence-electron chi connectivity index (χ2n) is 9.28. The first-order valence-corrected chi connectivity index (χ1v) is 13.6. The van der Waals surface area contributed by atoms with Gasteiger partial charge in [0, 0.05) is 31.8 Å². The Balaban J connectivity index is 1.30. The van der Waals surface area contributed by atoms with Crippen LogP contribution in [0.2, 0.25) is 0 Å². The number of benzene rings is 1. The third-order valence-corrected chi connectivity index (χ3v) is 8.33. The molecular formula is C26H41N3O2S. The molecule has 2 N–H and O–H groups in total. The highest BCUT2D eigenvalue weighted by atomic mass is 32.2. The number of likely N-dealkylation sites (tertiary alicyclic amines) is 1. The van der Waals surface area contributed by atoms with Gasteiger partial charge in [-0.3, -0.25) is 14.9 Å². The molecule has 2 aliphatic heterocycles. The summed E-state index contributed by atoms with van der Waals surface area (Å²) >= 11 is 1.87. The first kappa shape index (κ1) is 25.1. The zero-order chi connectivity index (χ0) is 22.7. The molecule has 5 nitrogen and oxygen atoms in total. The summed E-state index contributed by atoms with van der Waals surface area (Å²) in [6.07, 6.45) is 12.1. The fourth-order valence-corrected chi connectivity index (χ4v) is 6.10. The van der Waals surface area contributed by atoms with Gasteiger partial charge in [-0.1, -0.05) is 75.8 Å². The van der Waals surface area contributed by atoms with Crippen LogP contribution >= 0.6 is 11.8 Å². The number of nitrogens with zero attached hydrogens (tertiary/aromatic N) is 1. The maximum Gasteiger partial charge on any atom is 0.238 e. The lowest BCUT2D eigenvalue weighted by Crippen LogP contribution is -2.54. The third kappa shape index (κ3) is 7.80. The number of hydrogen-bond acceptors (Lipinski definition) is 4. The smallest absolute Gasteiger partial charge is 0.238 e. The summed E-state index contributed by atoms with van der Waals surface area (Å²) < 4.78 is 0. The van der Waals surface area contributed by atoms with E-state index in [-0.39, 0.29) is 16.8 Å². The van der Waals surface area contributed by atoms with E-state index < -0.39 is 0 Å². The highest BCUT2D eigenvalue weighted by Gasteiger charge is 2.44. The van der Waals surface area contributed by atoms with Gasteiger partial charge < -0.3 is 10.2 Å². The van der Waals surface area contributed by atoms with Crippen molar-refractivity contribution >= 4 is 23.6 Å². The van der Waals surface area contributed by atoms with Gasteiger partial charge in [0.1, 0.15) is 0 Å². The SMILES string of the molecule is CCCCCCCCCC(=O)N1CCC2(CC1)NC(C(=O)NCCc1ccccc1)CS2.